The van der Waals surface area contributed by atoms with Crippen LogP contribution in [0.15, 0.2) is 23.8 Å². The SMILES string of the molecule is C=CC1=C(CC)C(=O)N(C2CCC(=N)CC2)C1=O.CC. The van der Waals surface area contributed by atoms with Crippen molar-refractivity contribution in [1.82, 2.24) is 4.90 Å². The average Bonchev–Trinajstić information content (AvgIpc) is 2.72. The first-order valence-electron chi connectivity index (χ1n) is 7.39. The minimum atomic E-state index is -0.203. The Bertz CT molecular complexity index is 453. The zero-order valence-corrected chi connectivity index (χ0v) is 12.7. The standard InChI is InChI=1S/C14H18N2O2.C2H6/c1-3-11-12(4-2)14(18)16(13(11)17)10-7-5-9(15)6-8-10;1-2/h3,10,15H,1,4-8H2,2H3;1-2H3. The van der Waals surface area contributed by atoms with Crippen LogP contribution in [0.1, 0.15) is 52.9 Å². The Hall–Kier alpha value is -1.71. The molecule has 20 heavy (non-hydrogen) atoms. The third-order valence-corrected chi connectivity index (χ3v) is 3.73. The van der Waals surface area contributed by atoms with Crippen molar-refractivity contribution in [2.24, 2.45) is 0 Å². The van der Waals surface area contributed by atoms with Crippen LogP contribution in [0.4, 0.5) is 0 Å². The molecule has 1 saturated carbocycles. The fraction of sp³-hybridized carbons (Fsp3) is 0.562. The molecule has 0 saturated heterocycles. The van der Waals surface area contributed by atoms with Crippen LogP contribution in [0, 0.1) is 5.41 Å². The van der Waals surface area contributed by atoms with Gasteiger partial charge in [-0.2, -0.15) is 0 Å². The summed E-state index contributed by atoms with van der Waals surface area (Å²) in [5.41, 5.74) is 1.76. The topological polar surface area (TPSA) is 61.2 Å². The van der Waals surface area contributed by atoms with Crippen LogP contribution >= 0.6 is 0 Å². The number of nitrogens with zero attached hydrogens (tertiary/aromatic N) is 1. The largest absolute Gasteiger partial charge is 0.310 e. The lowest BCUT2D eigenvalue weighted by Gasteiger charge is -2.30. The molecule has 0 spiro atoms. The summed E-state index contributed by atoms with van der Waals surface area (Å²) in [6.45, 7) is 9.50. The Balaban J connectivity index is 0.000000956. The minimum absolute atomic E-state index is 0.0434. The van der Waals surface area contributed by atoms with E-state index >= 15 is 0 Å². The molecule has 0 bridgehead atoms. The van der Waals surface area contributed by atoms with Crippen LogP contribution in [0.5, 0.6) is 0 Å². The highest BCUT2D eigenvalue weighted by molar-refractivity contribution is 6.20. The molecule has 2 rings (SSSR count). The second kappa shape index (κ2) is 7.17. The van der Waals surface area contributed by atoms with Gasteiger partial charge in [0.1, 0.15) is 0 Å². The predicted octanol–water partition coefficient (Wildman–Crippen LogP) is 3.24. The molecule has 2 amide bonds. The number of carbonyl (C=O) groups excluding carboxylic acids is 2. The molecule has 4 nitrogen and oxygen atoms in total. The predicted molar refractivity (Wildman–Crippen MR) is 80.7 cm³/mol. The summed E-state index contributed by atoms with van der Waals surface area (Å²) >= 11 is 0. The van der Waals surface area contributed by atoms with Gasteiger partial charge in [-0.25, -0.2) is 0 Å². The van der Waals surface area contributed by atoms with E-state index in [2.05, 4.69) is 6.58 Å². The molecule has 0 radical (unpaired) electrons. The van der Waals surface area contributed by atoms with Gasteiger partial charge >= 0.3 is 0 Å². The molecule has 1 aliphatic carbocycles. The van der Waals surface area contributed by atoms with Crippen LogP contribution in [0.3, 0.4) is 0 Å². The van der Waals surface area contributed by atoms with E-state index in [1.165, 1.54) is 11.0 Å². The van der Waals surface area contributed by atoms with E-state index in [0.717, 1.165) is 18.6 Å². The highest BCUT2D eigenvalue weighted by atomic mass is 16.2. The molecule has 0 aromatic heterocycles. The summed E-state index contributed by atoms with van der Waals surface area (Å²) in [6, 6.07) is -0.0434. The Morgan fingerprint density at radius 3 is 2.20 bits per heavy atom. The van der Waals surface area contributed by atoms with Gasteiger partial charge in [0.2, 0.25) is 0 Å². The van der Waals surface area contributed by atoms with Crippen LogP contribution in [-0.2, 0) is 9.59 Å². The lowest BCUT2D eigenvalue weighted by Crippen LogP contribution is -2.43. The number of amides is 2. The molecular formula is C16H24N2O2. The van der Waals surface area contributed by atoms with Gasteiger partial charge in [-0.05, 0) is 32.1 Å². The van der Waals surface area contributed by atoms with Gasteiger partial charge in [0.25, 0.3) is 11.8 Å². The van der Waals surface area contributed by atoms with Crippen molar-refractivity contribution in [2.45, 2.75) is 58.9 Å². The van der Waals surface area contributed by atoms with Crippen LogP contribution in [-0.4, -0.2) is 28.5 Å². The van der Waals surface area contributed by atoms with Gasteiger partial charge in [-0.3, -0.25) is 14.5 Å². The van der Waals surface area contributed by atoms with E-state index in [0.29, 0.717) is 30.4 Å². The van der Waals surface area contributed by atoms with Gasteiger partial charge in [-0.1, -0.05) is 33.4 Å². The fourth-order valence-electron chi connectivity index (χ4n) is 2.70. The summed E-state index contributed by atoms with van der Waals surface area (Å²) in [5, 5.41) is 7.59. The third-order valence-electron chi connectivity index (χ3n) is 3.73. The summed E-state index contributed by atoms with van der Waals surface area (Å²) in [5.74, 6) is -0.360. The zero-order valence-electron chi connectivity index (χ0n) is 12.7. The number of hydrogen-bond acceptors (Lipinski definition) is 3. The summed E-state index contributed by atoms with van der Waals surface area (Å²) in [4.78, 5) is 25.9. The molecule has 0 unspecified atom stereocenters. The molecule has 0 atom stereocenters. The zero-order chi connectivity index (χ0) is 15.3. The van der Waals surface area contributed by atoms with Crippen molar-refractivity contribution in [3.05, 3.63) is 23.8 Å². The normalized spacial score (nSPS) is 22.9. The van der Waals surface area contributed by atoms with Crippen LogP contribution < -0.4 is 0 Å². The van der Waals surface area contributed by atoms with Crippen molar-refractivity contribution in [1.29, 1.82) is 5.41 Å². The maximum absolute atomic E-state index is 12.2. The maximum Gasteiger partial charge on any atom is 0.261 e. The Kier molecular flexibility index (Phi) is 5.86. The smallest absolute Gasteiger partial charge is 0.261 e. The van der Waals surface area contributed by atoms with Crippen molar-refractivity contribution in [2.75, 3.05) is 0 Å². The van der Waals surface area contributed by atoms with Crippen molar-refractivity contribution >= 4 is 17.5 Å². The van der Waals surface area contributed by atoms with E-state index in [4.69, 9.17) is 5.41 Å². The number of nitrogens with one attached hydrogen (secondary N) is 1. The van der Waals surface area contributed by atoms with E-state index in [1.54, 1.807) is 0 Å². The first kappa shape index (κ1) is 16.3. The van der Waals surface area contributed by atoms with Gasteiger partial charge < -0.3 is 5.41 Å². The van der Waals surface area contributed by atoms with Crippen molar-refractivity contribution < 1.29 is 9.59 Å². The maximum atomic E-state index is 12.2. The number of rotatable bonds is 3. The van der Waals surface area contributed by atoms with Gasteiger partial charge in [-0.15, -0.1) is 0 Å². The van der Waals surface area contributed by atoms with Crippen molar-refractivity contribution in [3.8, 4) is 0 Å². The molecule has 1 fully saturated rings. The summed E-state index contributed by atoms with van der Waals surface area (Å²) in [7, 11) is 0. The third kappa shape index (κ3) is 2.89. The Labute approximate surface area is 121 Å². The monoisotopic (exact) mass is 276 g/mol. The molecule has 4 heteroatoms. The van der Waals surface area contributed by atoms with Gasteiger partial charge in [0.05, 0.1) is 0 Å². The molecule has 1 aliphatic heterocycles. The van der Waals surface area contributed by atoms with Crippen LogP contribution in [0.25, 0.3) is 0 Å². The quantitative estimate of drug-likeness (QED) is 0.804. The highest BCUT2D eigenvalue weighted by Crippen LogP contribution is 2.30. The number of hydrogen-bond donors (Lipinski definition) is 1. The molecular weight excluding hydrogens is 252 g/mol. The highest BCUT2D eigenvalue weighted by Gasteiger charge is 2.40. The molecule has 1 heterocycles. The summed E-state index contributed by atoms with van der Waals surface area (Å²) in [6.07, 6.45) is 4.86. The first-order chi connectivity index (χ1) is 9.60. The number of carbonyl (C=O) groups is 2. The van der Waals surface area contributed by atoms with Gasteiger partial charge in [0, 0.05) is 22.9 Å². The van der Waals surface area contributed by atoms with Crippen LogP contribution in [0.2, 0.25) is 0 Å². The van der Waals surface area contributed by atoms with E-state index in [-0.39, 0.29) is 17.9 Å². The molecule has 2 aliphatic rings. The molecule has 1 N–H and O–H groups in total. The van der Waals surface area contributed by atoms with E-state index in [1.807, 2.05) is 20.8 Å². The van der Waals surface area contributed by atoms with Crippen molar-refractivity contribution in [3.63, 3.8) is 0 Å². The van der Waals surface area contributed by atoms with Gasteiger partial charge in [0.15, 0.2) is 0 Å². The van der Waals surface area contributed by atoms with E-state index in [9.17, 15) is 9.59 Å². The molecule has 110 valence electrons. The second-order valence-corrected chi connectivity index (χ2v) is 4.76. The second-order valence-electron chi connectivity index (χ2n) is 4.76. The lowest BCUT2D eigenvalue weighted by atomic mass is 9.92. The average molecular weight is 276 g/mol. The fourth-order valence-corrected chi connectivity index (χ4v) is 2.70. The van der Waals surface area contributed by atoms with E-state index < -0.39 is 0 Å². The minimum Gasteiger partial charge on any atom is -0.310 e. The first-order valence-corrected chi connectivity index (χ1v) is 7.39. The summed E-state index contributed by atoms with van der Waals surface area (Å²) < 4.78 is 0. The molecule has 0 aromatic rings. The number of imide groups is 1. The Morgan fingerprint density at radius 1 is 1.25 bits per heavy atom. The molecule has 0 aromatic carbocycles. The lowest BCUT2D eigenvalue weighted by molar-refractivity contribution is -0.140. The Morgan fingerprint density at radius 2 is 1.80 bits per heavy atom.